The molecule has 0 bridgehead atoms. The van der Waals surface area contributed by atoms with Gasteiger partial charge in [0.05, 0.1) is 6.54 Å². The van der Waals surface area contributed by atoms with Crippen LogP contribution in [-0.2, 0) is 4.79 Å². The van der Waals surface area contributed by atoms with E-state index in [1.54, 1.807) is 36.2 Å². The third-order valence-electron chi connectivity index (χ3n) is 3.19. The molecule has 5 heteroatoms. The van der Waals surface area contributed by atoms with Gasteiger partial charge in [-0.25, -0.2) is 0 Å². The highest BCUT2D eigenvalue weighted by molar-refractivity contribution is 6.31. The summed E-state index contributed by atoms with van der Waals surface area (Å²) in [4.78, 5) is 13.8. The van der Waals surface area contributed by atoms with Gasteiger partial charge in [-0.05, 0) is 29.8 Å². The van der Waals surface area contributed by atoms with Gasteiger partial charge < -0.3 is 9.64 Å². The minimum absolute atomic E-state index is 0.146. The molecule has 0 radical (unpaired) electrons. The molecule has 0 aliphatic carbocycles. The van der Waals surface area contributed by atoms with Crippen LogP contribution in [0.1, 0.15) is 10.9 Å². The number of rotatable bonds is 6. The van der Waals surface area contributed by atoms with Crippen molar-refractivity contribution in [1.82, 2.24) is 4.90 Å². The molecule has 0 aromatic heterocycles. The number of carbonyl (C=O) groups excluding carboxylic acids is 1. The third-order valence-corrected chi connectivity index (χ3v) is 3.88. The zero-order valence-electron chi connectivity index (χ0n) is 12.2. The van der Waals surface area contributed by atoms with Crippen LogP contribution in [0.3, 0.4) is 0 Å². The van der Waals surface area contributed by atoms with Crippen LogP contribution in [0.2, 0.25) is 5.02 Å². The van der Waals surface area contributed by atoms with Crippen LogP contribution in [0, 0.1) is 0 Å². The van der Waals surface area contributed by atoms with Gasteiger partial charge in [0.1, 0.15) is 17.7 Å². The molecule has 0 N–H and O–H groups in total. The van der Waals surface area contributed by atoms with Crippen molar-refractivity contribution in [2.24, 2.45) is 0 Å². The van der Waals surface area contributed by atoms with Gasteiger partial charge in [0.25, 0.3) is 0 Å². The van der Waals surface area contributed by atoms with E-state index >= 15 is 0 Å². The lowest BCUT2D eigenvalue weighted by Gasteiger charge is -2.20. The molecule has 116 valence electrons. The van der Waals surface area contributed by atoms with Crippen LogP contribution in [0.4, 0.5) is 0 Å². The highest BCUT2D eigenvalue weighted by atomic mass is 35.5. The summed E-state index contributed by atoms with van der Waals surface area (Å²) >= 11 is 12.0. The van der Waals surface area contributed by atoms with E-state index in [1.165, 1.54) is 0 Å². The Balaban J connectivity index is 1.82. The smallest absolute Gasteiger partial charge is 0.245 e. The third kappa shape index (κ3) is 4.65. The van der Waals surface area contributed by atoms with Crippen LogP contribution in [0.15, 0.2) is 54.6 Å². The molecule has 22 heavy (non-hydrogen) atoms. The number of ether oxygens (including phenoxy) is 1. The lowest BCUT2D eigenvalue weighted by Crippen LogP contribution is -2.33. The fourth-order valence-corrected chi connectivity index (χ4v) is 2.34. The van der Waals surface area contributed by atoms with Gasteiger partial charge in [0, 0.05) is 12.1 Å². The number of alkyl halides is 1. The van der Waals surface area contributed by atoms with Gasteiger partial charge in [-0.15, -0.1) is 11.6 Å². The molecule has 0 fully saturated rings. The number of nitrogens with zero attached hydrogens (tertiary/aromatic N) is 1. The summed E-state index contributed by atoms with van der Waals surface area (Å²) in [6, 6.07) is 16.4. The number of amides is 1. The molecular weight excluding hydrogens is 321 g/mol. The highest BCUT2D eigenvalue weighted by Crippen LogP contribution is 2.22. The lowest BCUT2D eigenvalue weighted by atomic mass is 10.1. The average molecular weight is 338 g/mol. The van der Waals surface area contributed by atoms with Crippen molar-refractivity contribution in [2.45, 2.75) is 5.38 Å². The van der Waals surface area contributed by atoms with Gasteiger partial charge in [-0.3, -0.25) is 4.79 Å². The minimum atomic E-state index is -0.679. The van der Waals surface area contributed by atoms with E-state index in [1.807, 2.05) is 30.3 Å². The lowest BCUT2D eigenvalue weighted by molar-refractivity contribution is -0.129. The Morgan fingerprint density at radius 1 is 1.14 bits per heavy atom. The maximum absolute atomic E-state index is 12.3. The van der Waals surface area contributed by atoms with E-state index in [2.05, 4.69) is 0 Å². The van der Waals surface area contributed by atoms with E-state index < -0.39 is 5.38 Å². The van der Waals surface area contributed by atoms with Gasteiger partial charge in [0.15, 0.2) is 0 Å². The van der Waals surface area contributed by atoms with Crippen LogP contribution in [-0.4, -0.2) is 31.0 Å². The highest BCUT2D eigenvalue weighted by Gasteiger charge is 2.21. The molecule has 1 amide bonds. The average Bonchev–Trinajstić information content (AvgIpc) is 2.56. The van der Waals surface area contributed by atoms with Crippen molar-refractivity contribution in [3.63, 3.8) is 0 Å². The number of carbonyl (C=O) groups is 1. The fraction of sp³-hybridized carbons (Fsp3) is 0.235. The molecule has 3 nitrogen and oxygen atoms in total. The second-order valence-electron chi connectivity index (χ2n) is 4.84. The molecule has 2 aromatic carbocycles. The van der Waals surface area contributed by atoms with Crippen LogP contribution < -0.4 is 4.74 Å². The molecule has 0 saturated heterocycles. The predicted octanol–water partition coefficient (Wildman–Crippen LogP) is 4.16. The van der Waals surface area contributed by atoms with E-state index in [0.717, 1.165) is 11.3 Å². The topological polar surface area (TPSA) is 29.5 Å². The number of hydrogen-bond donors (Lipinski definition) is 0. The largest absolute Gasteiger partial charge is 0.492 e. The first kappa shape index (κ1) is 16.7. The predicted molar refractivity (Wildman–Crippen MR) is 89.6 cm³/mol. The zero-order valence-corrected chi connectivity index (χ0v) is 13.7. The van der Waals surface area contributed by atoms with Crippen molar-refractivity contribution in [3.8, 4) is 5.75 Å². The summed E-state index contributed by atoms with van der Waals surface area (Å²) in [6.07, 6.45) is 0. The molecular formula is C17H17Cl2NO2. The van der Waals surface area contributed by atoms with Crippen LogP contribution in [0.5, 0.6) is 5.75 Å². The monoisotopic (exact) mass is 337 g/mol. The molecule has 0 spiro atoms. The maximum atomic E-state index is 12.3. The summed E-state index contributed by atoms with van der Waals surface area (Å²) in [5.41, 5.74) is 0.791. The quantitative estimate of drug-likeness (QED) is 0.741. The summed E-state index contributed by atoms with van der Waals surface area (Å²) in [5, 5.41) is -0.0192. The number of halogens is 2. The Labute approximate surface area is 140 Å². The second kappa shape index (κ2) is 8.06. The minimum Gasteiger partial charge on any atom is -0.492 e. The van der Waals surface area contributed by atoms with Crippen molar-refractivity contribution >= 4 is 29.1 Å². The molecule has 2 aromatic rings. The van der Waals surface area contributed by atoms with Gasteiger partial charge in [0.2, 0.25) is 5.91 Å². The number of hydrogen-bond acceptors (Lipinski definition) is 2. The van der Waals surface area contributed by atoms with Gasteiger partial charge in [-0.2, -0.15) is 0 Å². The first-order valence-corrected chi connectivity index (χ1v) is 7.71. The Kier molecular flexibility index (Phi) is 6.10. The summed E-state index contributed by atoms with van der Waals surface area (Å²) in [7, 11) is 1.71. The van der Waals surface area contributed by atoms with E-state index in [4.69, 9.17) is 27.9 Å². The summed E-state index contributed by atoms with van der Waals surface area (Å²) in [6.45, 7) is 0.847. The van der Waals surface area contributed by atoms with Crippen LogP contribution >= 0.6 is 23.2 Å². The second-order valence-corrected chi connectivity index (χ2v) is 5.71. The first-order valence-electron chi connectivity index (χ1n) is 6.90. The molecule has 2 rings (SSSR count). The van der Waals surface area contributed by atoms with E-state index in [9.17, 15) is 4.79 Å². The Hall–Kier alpha value is -1.71. The standard InChI is InChI=1S/C17H17Cl2NO2/c1-20(11-12-22-15-9-7-14(18)8-10-15)17(21)16(19)13-5-3-2-4-6-13/h2-10,16H,11-12H2,1H3. The number of likely N-dealkylation sites (N-methyl/N-ethyl adjacent to an activating group) is 1. The summed E-state index contributed by atoms with van der Waals surface area (Å²) in [5.74, 6) is 0.573. The zero-order chi connectivity index (χ0) is 15.9. The van der Waals surface area contributed by atoms with Crippen molar-refractivity contribution in [3.05, 3.63) is 65.2 Å². The Morgan fingerprint density at radius 3 is 2.41 bits per heavy atom. The molecule has 0 aliphatic heterocycles. The molecule has 1 unspecified atom stereocenters. The van der Waals surface area contributed by atoms with Crippen molar-refractivity contribution in [1.29, 1.82) is 0 Å². The molecule has 1 atom stereocenters. The van der Waals surface area contributed by atoms with Gasteiger partial charge >= 0.3 is 0 Å². The SMILES string of the molecule is CN(CCOc1ccc(Cl)cc1)C(=O)C(Cl)c1ccccc1. The van der Waals surface area contributed by atoms with Crippen molar-refractivity contribution in [2.75, 3.05) is 20.2 Å². The van der Waals surface area contributed by atoms with Gasteiger partial charge in [-0.1, -0.05) is 41.9 Å². The maximum Gasteiger partial charge on any atom is 0.245 e. The molecule has 0 aliphatic rings. The summed E-state index contributed by atoms with van der Waals surface area (Å²) < 4.78 is 5.57. The number of benzene rings is 2. The van der Waals surface area contributed by atoms with Crippen molar-refractivity contribution < 1.29 is 9.53 Å². The Morgan fingerprint density at radius 2 is 1.77 bits per heavy atom. The fourth-order valence-electron chi connectivity index (χ4n) is 1.90. The molecule has 0 saturated carbocycles. The van der Waals surface area contributed by atoms with Crippen LogP contribution in [0.25, 0.3) is 0 Å². The Bertz CT molecular complexity index is 602. The molecule has 0 heterocycles. The van der Waals surface area contributed by atoms with E-state index in [-0.39, 0.29) is 5.91 Å². The normalized spacial score (nSPS) is 11.8. The first-order chi connectivity index (χ1) is 10.6. The van der Waals surface area contributed by atoms with E-state index in [0.29, 0.717) is 18.2 Å².